The van der Waals surface area contributed by atoms with E-state index in [1.807, 2.05) is 12.2 Å². The van der Waals surface area contributed by atoms with Gasteiger partial charge in [-0.1, -0.05) is 134 Å². The van der Waals surface area contributed by atoms with Gasteiger partial charge in [-0.15, -0.1) is 0 Å². The summed E-state index contributed by atoms with van der Waals surface area (Å²) in [5.41, 5.74) is 7.06. The van der Waals surface area contributed by atoms with Crippen molar-refractivity contribution in [2.75, 3.05) is 45.9 Å². The number of ether oxygens (including phenoxy) is 2. The first-order chi connectivity index (χ1) is 25.0. The molecule has 0 radical (unpaired) electrons. The molecule has 1 fully saturated rings. The van der Waals surface area contributed by atoms with E-state index >= 15 is 0 Å². The number of hydrogen-bond donors (Lipinski definition) is 2. The van der Waals surface area contributed by atoms with Gasteiger partial charge in [0, 0.05) is 31.5 Å². The summed E-state index contributed by atoms with van der Waals surface area (Å²) < 4.78 is 10.7. The van der Waals surface area contributed by atoms with Crippen molar-refractivity contribution >= 4 is 11.9 Å². The number of carbonyl (C=O) groups is 2. The van der Waals surface area contributed by atoms with Gasteiger partial charge in [-0.3, -0.25) is 9.59 Å². The first-order valence-corrected chi connectivity index (χ1v) is 21.8. The predicted octanol–water partition coefficient (Wildman–Crippen LogP) is 10.8. The fourth-order valence-electron chi connectivity index (χ4n) is 7.04. The van der Waals surface area contributed by atoms with E-state index in [9.17, 15) is 9.59 Å². The second-order valence-corrected chi connectivity index (χ2v) is 15.3. The van der Waals surface area contributed by atoms with Crippen LogP contribution in [0, 0.1) is 0 Å². The van der Waals surface area contributed by atoms with Gasteiger partial charge in [0.05, 0.1) is 0 Å². The molecule has 0 spiro atoms. The normalized spacial score (nSPS) is 14.4. The van der Waals surface area contributed by atoms with Crippen LogP contribution in [-0.2, 0) is 19.1 Å². The van der Waals surface area contributed by atoms with E-state index in [1.54, 1.807) is 0 Å². The number of nitrogens with one attached hydrogen (secondary N) is 1. The molecule has 0 atom stereocenters. The highest BCUT2D eigenvalue weighted by atomic mass is 16.5. The lowest BCUT2D eigenvalue weighted by molar-refractivity contribution is -0.143. The van der Waals surface area contributed by atoms with E-state index in [0.29, 0.717) is 26.1 Å². The molecule has 1 aliphatic heterocycles. The molecular weight excluding hydrogens is 635 g/mol. The molecule has 51 heavy (non-hydrogen) atoms. The molecular formula is C44H83N3O4. The highest BCUT2D eigenvalue weighted by Gasteiger charge is 2.23. The SMILES string of the molecule is CCCCCC/C=C/COC(=O)CCCCCCCC(N)(CCCCCCCC(=O)OC/C=C/CCCCCC)CCCCN1CCCNCC1. The molecule has 1 rings (SSSR count). The van der Waals surface area contributed by atoms with Crippen LogP contribution >= 0.6 is 0 Å². The Morgan fingerprint density at radius 3 is 1.59 bits per heavy atom. The number of carbonyl (C=O) groups excluding carboxylic acids is 2. The fraction of sp³-hybridized carbons (Fsp3) is 0.864. The van der Waals surface area contributed by atoms with Crippen LogP contribution in [-0.4, -0.2) is 68.3 Å². The second kappa shape index (κ2) is 35.3. The third-order valence-corrected chi connectivity index (χ3v) is 10.4. The van der Waals surface area contributed by atoms with E-state index in [4.69, 9.17) is 15.2 Å². The van der Waals surface area contributed by atoms with Crippen LogP contribution in [0.4, 0.5) is 0 Å². The topological polar surface area (TPSA) is 93.9 Å². The van der Waals surface area contributed by atoms with Gasteiger partial charge in [0.15, 0.2) is 0 Å². The van der Waals surface area contributed by atoms with E-state index in [2.05, 4.69) is 36.2 Å². The Labute approximate surface area is 315 Å². The zero-order chi connectivity index (χ0) is 36.9. The van der Waals surface area contributed by atoms with Crippen molar-refractivity contribution in [1.29, 1.82) is 0 Å². The molecule has 1 aliphatic rings. The average molecular weight is 718 g/mol. The largest absolute Gasteiger partial charge is 0.461 e. The van der Waals surface area contributed by atoms with Gasteiger partial charge in [0.1, 0.15) is 13.2 Å². The van der Waals surface area contributed by atoms with Gasteiger partial charge in [-0.25, -0.2) is 0 Å². The maximum absolute atomic E-state index is 12.1. The molecule has 3 N–H and O–H groups in total. The van der Waals surface area contributed by atoms with Gasteiger partial charge in [-0.05, 0) is 90.3 Å². The summed E-state index contributed by atoms with van der Waals surface area (Å²) in [6.45, 7) is 11.1. The summed E-state index contributed by atoms with van der Waals surface area (Å²) in [4.78, 5) is 26.8. The molecule has 0 saturated carbocycles. The predicted molar refractivity (Wildman–Crippen MR) is 217 cm³/mol. The fourth-order valence-corrected chi connectivity index (χ4v) is 7.04. The van der Waals surface area contributed by atoms with Gasteiger partial charge in [-0.2, -0.15) is 0 Å². The second-order valence-electron chi connectivity index (χ2n) is 15.3. The number of hydrogen-bond acceptors (Lipinski definition) is 7. The highest BCUT2D eigenvalue weighted by Crippen LogP contribution is 2.26. The molecule has 7 nitrogen and oxygen atoms in total. The molecule has 0 aromatic carbocycles. The van der Waals surface area contributed by atoms with Gasteiger partial charge >= 0.3 is 11.9 Å². The van der Waals surface area contributed by atoms with E-state index in [1.165, 1.54) is 96.6 Å². The van der Waals surface area contributed by atoms with E-state index < -0.39 is 0 Å². The minimum Gasteiger partial charge on any atom is -0.461 e. The summed E-state index contributed by atoms with van der Waals surface area (Å²) >= 11 is 0. The van der Waals surface area contributed by atoms with Crippen LogP contribution in [0.1, 0.15) is 194 Å². The Balaban J connectivity index is 2.25. The zero-order valence-corrected chi connectivity index (χ0v) is 33.7. The van der Waals surface area contributed by atoms with Crippen molar-refractivity contribution in [2.24, 2.45) is 5.73 Å². The number of allylic oxidation sites excluding steroid dienone is 2. The highest BCUT2D eigenvalue weighted by molar-refractivity contribution is 5.69. The maximum Gasteiger partial charge on any atom is 0.306 e. The van der Waals surface area contributed by atoms with Crippen LogP contribution in [0.25, 0.3) is 0 Å². The molecule has 0 aromatic heterocycles. The number of rotatable bonds is 35. The number of esters is 2. The molecule has 7 heteroatoms. The Morgan fingerprint density at radius 2 is 1.06 bits per heavy atom. The Bertz CT molecular complexity index is 801. The third-order valence-electron chi connectivity index (χ3n) is 10.4. The van der Waals surface area contributed by atoms with Crippen molar-refractivity contribution in [3.05, 3.63) is 24.3 Å². The molecule has 1 saturated heterocycles. The quantitative estimate of drug-likeness (QED) is 0.0383. The smallest absolute Gasteiger partial charge is 0.306 e. The zero-order valence-electron chi connectivity index (χ0n) is 33.7. The molecule has 0 unspecified atom stereocenters. The standard InChI is InChI=1S/C44H83N3O4/c1-3-5-7-9-11-19-27-40-50-42(48)30-21-15-13-17-23-32-44(45,34-25-26-37-47-38-29-35-46-36-39-47)33-24-18-14-16-22-31-43(49)51-41-28-20-12-10-8-6-4-2/h19-20,27-28,46H,3-18,21-26,29-41,45H2,1-2H3/b27-19+,28-20+. The summed E-state index contributed by atoms with van der Waals surface area (Å²) in [5.74, 6) is -0.140. The van der Waals surface area contributed by atoms with Gasteiger partial charge in [0.2, 0.25) is 0 Å². The van der Waals surface area contributed by atoms with Crippen molar-refractivity contribution in [2.45, 2.75) is 199 Å². The molecule has 1 heterocycles. The third kappa shape index (κ3) is 31.5. The van der Waals surface area contributed by atoms with Crippen LogP contribution in [0.2, 0.25) is 0 Å². The minimum absolute atomic E-state index is 0.0702. The Kier molecular flexibility index (Phi) is 32.8. The van der Waals surface area contributed by atoms with Crippen LogP contribution in [0.15, 0.2) is 24.3 Å². The van der Waals surface area contributed by atoms with Crippen molar-refractivity contribution in [3.63, 3.8) is 0 Å². The first kappa shape index (κ1) is 47.3. The number of nitrogens with two attached hydrogens (primary N) is 1. The van der Waals surface area contributed by atoms with Crippen LogP contribution < -0.4 is 11.1 Å². The molecule has 0 aromatic rings. The number of unbranched alkanes of at least 4 members (excludes halogenated alkanes) is 17. The minimum atomic E-state index is -0.0823. The Hall–Kier alpha value is -1.70. The summed E-state index contributed by atoms with van der Waals surface area (Å²) in [7, 11) is 0. The number of nitrogens with zero attached hydrogens (tertiary/aromatic N) is 1. The summed E-state index contributed by atoms with van der Waals surface area (Å²) in [6.07, 6.45) is 39.5. The molecule has 298 valence electrons. The average Bonchev–Trinajstić information content (AvgIpc) is 3.40. The van der Waals surface area contributed by atoms with Crippen molar-refractivity contribution < 1.29 is 19.1 Å². The van der Waals surface area contributed by atoms with Crippen molar-refractivity contribution in [3.8, 4) is 0 Å². The Morgan fingerprint density at radius 1 is 0.588 bits per heavy atom. The van der Waals surface area contributed by atoms with E-state index in [-0.39, 0.29) is 17.5 Å². The molecule has 0 bridgehead atoms. The monoisotopic (exact) mass is 718 g/mol. The first-order valence-electron chi connectivity index (χ1n) is 21.8. The van der Waals surface area contributed by atoms with Gasteiger partial charge < -0.3 is 25.4 Å². The van der Waals surface area contributed by atoms with E-state index in [0.717, 1.165) is 103 Å². The van der Waals surface area contributed by atoms with Crippen LogP contribution in [0.5, 0.6) is 0 Å². The summed E-state index contributed by atoms with van der Waals surface area (Å²) in [6, 6.07) is 0. The van der Waals surface area contributed by atoms with Gasteiger partial charge in [0.25, 0.3) is 0 Å². The lowest BCUT2D eigenvalue weighted by Gasteiger charge is -2.30. The molecule has 0 amide bonds. The van der Waals surface area contributed by atoms with Crippen LogP contribution in [0.3, 0.4) is 0 Å². The van der Waals surface area contributed by atoms with Crippen molar-refractivity contribution in [1.82, 2.24) is 10.2 Å². The summed E-state index contributed by atoms with van der Waals surface area (Å²) in [5, 5.41) is 3.51. The maximum atomic E-state index is 12.1. The molecule has 0 aliphatic carbocycles. The lowest BCUT2D eigenvalue weighted by Crippen LogP contribution is -2.40. The lowest BCUT2D eigenvalue weighted by atomic mass is 9.83.